The molecule has 2 heterocycles. The molecule has 1 fully saturated rings. The lowest BCUT2D eigenvalue weighted by atomic mass is 10.0. The van der Waals surface area contributed by atoms with Crippen molar-refractivity contribution in [2.75, 3.05) is 25.0 Å². The molecule has 17 heavy (non-hydrogen) atoms. The summed E-state index contributed by atoms with van der Waals surface area (Å²) in [5.74, 6) is 0.662. The molecule has 0 radical (unpaired) electrons. The maximum Gasteiger partial charge on any atom is 0.252 e. The molecule has 0 amide bonds. The first-order valence-electron chi connectivity index (χ1n) is 6.32. The fourth-order valence-electron chi connectivity index (χ4n) is 2.40. The van der Waals surface area contributed by atoms with Gasteiger partial charge < -0.3 is 10.3 Å². The van der Waals surface area contributed by atoms with E-state index in [1.807, 2.05) is 0 Å². The average Bonchev–Trinajstić information content (AvgIpc) is 2.37. The van der Waals surface area contributed by atoms with E-state index in [0.717, 1.165) is 13.1 Å². The monoisotopic (exact) mass is 236 g/mol. The Bertz CT molecular complexity index is 403. The van der Waals surface area contributed by atoms with Crippen LogP contribution in [-0.2, 0) is 0 Å². The van der Waals surface area contributed by atoms with Crippen LogP contribution in [0.4, 0.5) is 5.82 Å². The van der Waals surface area contributed by atoms with Gasteiger partial charge in [-0.2, -0.15) is 0 Å². The van der Waals surface area contributed by atoms with Gasteiger partial charge in [0.15, 0.2) is 0 Å². The summed E-state index contributed by atoms with van der Waals surface area (Å²) in [7, 11) is 0. The summed E-state index contributed by atoms with van der Waals surface area (Å²) in [5.41, 5.74) is -0.113. The van der Waals surface area contributed by atoms with Crippen LogP contribution < -0.4 is 10.9 Å². The Labute approximate surface area is 101 Å². The van der Waals surface area contributed by atoms with Crippen molar-refractivity contribution in [3.63, 3.8) is 0 Å². The smallest absolute Gasteiger partial charge is 0.252 e. The number of likely N-dealkylation sites (N-methyl/N-ethyl adjacent to an activating group) is 1. The third kappa shape index (κ3) is 3.30. The maximum absolute atomic E-state index is 11.1. The van der Waals surface area contributed by atoms with E-state index in [1.165, 1.54) is 38.2 Å². The Balaban J connectivity index is 1.90. The summed E-state index contributed by atoms with van der Waals surface area (Å²) >= 11 is 0. The highest BCUT2D eigenvalue weighted by atomic mass is 16.1. The molecule has 0 saturated carbocycles. The normalized spacial score (nSPS) is 21.4. The van der Waals surface area contributed by atoms with Crippen molar-refractivity contribution in [3.05, 3.63) is 22.7 Å². The average molecular weight is 236 g/mol. The first-order valence-corrected chi connectivity index (χ1v) is 6.32. The van der Waals surface area contributed by atoms with E-state index in [9.17, 15) is 4.79 Å². The van der Waals surface area contributed by atoms with Crippen LogP contribution in [0.3, 0.4) is 0 Å². The molecule has 1 aliphatic heterocycles. The Kier molecular flexibility index (Phi) is 4.14. The fourth-order valence-corrected chi connectivity index (χ4v) is 2.40. The van der Waals surface area contributed by atoms with Crippen molar-refractivity contribution < 1.29 is 0 Å². The van der Waals surface area contributed by atoms with Crippen LogP contribution in [0, 0.1) is 0 Å². The third-order valence-corrected chi connectivity index (χ3v) is 3.35. The van der Waals surface area contributed by atoms with Crippen LogP contribution >= 0.6 is 0 Å². The lowest BCUT2D eigenvalue weighted by Crippen LogP contribution is -2.43. The summed E-state index contributed by atoms with van der Waals surface area (Å²) < 4.78 is 0. The molecule has 0 aromatic carbocycles. The summed E-state index contributed by atoms with van der Waals surface area (Å²) in [6.45, 7) is 5.34. The van der Waals surface area contributed by atoms with Gasteiger partial charge in [0.2, 0.25) is 0 Å². The van der Waals surface area contributed by atoms with Crippen LogP contribution in [-0.4, -0.2) is 40.5 Å². The van der Waals surface area contributed by atoms with Crippen LogP contribution in [0.25, 0.3) is 0 Å². The molecule has 0 bridgehead atoms. The zero-order valence-electron chi connectivity index (χ0n) is 10.3. The number of H-pyrrole nitrogens is 1. The molecule has 5 nitrogen and oxygen atoms in total. The molecule has 2 rings (SSSR count). The third-order valence-electron chi connectivity index (χ3n) is 3.35. The highest BCUT2D eigenvalue weighted by Gasteiger charge is 2.20. The summed E-state index contributed by atoms with van der Waals surface area (Å²) in [5, 5.41) is 3.25. The second-order valence-electron chi connectivity index (χ2n) is 4.46. The predicted molar refractivity (Wildman–Crippen MR) is 68.2 cm³/mol. The number of piperidine rings is 1. The fraction of sp³-hybridized carbons (Fsp3) is 0.667. The number of nitrogens with zero attached hydrogens (tertiary/aromatic N) is 2. The first kappa shape index (κ1) is 12.1. The van der Waals surface area contributed by atoms with Gasteiger partial charge in [0.05, 0.1) is 6.33 Å². The zero-order chi connectivity index (χ0) is 12.1. The Morgan fingerprint density at radius 2 is 2.47 bits per heavy atom. The lowest BCUT2D eigenvalue weighted by molar-refractivity contribution is 0.164. The number of nitrogens with one attached hydrogen (secondary N) is 2. The lowest BCUT2D eigenvalue weighted by Gasteiger charge is -2.34. The maximum atomic E-state index is 11.1. The minimum atomic E-state index is -0.113. The summed E-state index contributed by atoms with van der Waals surface area (Å²) in [6, 6.07) is 2.06. The number of aromatic nitrogens is 2. The summed E-state index contributed by atoms with van der Waals surface area (Å²) in [4.78, 5) is 20.2. The molecule has 1 aromatic rings. The van der Waals surface area contributed by atoms with E-state index in [0.29, 0.717) is 11.9 Å². The van der Waals surface area contributed by atoms with E-state index < -0.39 is 0 Å². The highest BCUT2D eigenvalue weighted by Crippen LogP contribution is 2.16. The molecule has 0 aliphatic carbocycles. The van der Waals surface area contributed by atoms with Gasteiger partial charge in [0.1, 0.15) is 5.82 Å². The quantitative estimate of drug-likeness (QED) is 0.820. The van der Waals surface area contributed by atoms with Crippen LogP contribution in [0.5, 0.6) is 0 Å². The van der Waals surface area contributed by atoms with E-state index >= 15 is 0 Å². The van der Waals surface area contributed by atoms with E-state index in [-0.39, 0.29) is 5.56 Å². The summed E-state index contributed by atoms with van der Waals surface area (Å²) in [6.07, 6.45) is 5.26. The molecule has 0 spiro atoms. The largest absolute Gasteiger partial charge is 0.368 e. The molecule has 1 atom stereocenters. The zero-order valence-corrected chi connectivity index (χ0v) is 10.3. The SMILES string of the molecule is CCN1CCCCC1CNc1cc(=O)[nH]cn1. The molecular formula is C12H20N4O. The van der Waals surface area contributed by atoms with Crippen molar-refractivity contribution >= 4 is 5.82 Å². The van der Waals surface area contributed by atoms with Crippen molar-refractivity contribution in [1.29, 1.82) is 0 Å². The van der Waals surface area contributed by atoms with E-state index in [4.69, 9.17) is 0 Å². The standard InChI is InChI=1S/C12H20N4O/c1-2-16-6-4-3-5-10(16)8-13-11-7-12(17)15-9-14-11/h7,9-10H,2-6,8H2,1H3,(H2,13,14,15,17). The molecule has 2 N–H and O–H groups in total. The number of likely N-dealkylation sites (tertiary alicyclic amines) is 1. The Morgan fingerprint density at radius 1 is 1.59 bits per heavy atom. The Morgan fingerprint density at radius 3 is 3.24 bits per heavy atom. The minimum absolute atomic E-state index is 0.113. The molecule has 1 saturated heterocycles. The first-order chi connectivity index (χ1) is 8.29. The van der Waals surface area contributed by atoms with Gasteiger partial charge in [-0.3, -0.25) is 9.69 Å². The molecule has 1 unspecified atom stereocenters. The van der Waals surface area contributed by atoms with Gasteiger partial charge in [0.25, 0.3) is 5.56 Å². The van der Waals surface area contributed by atoms with E-state index in [2.05, 4.69) is 27.1 Å². The Hall–Kier alpha value is -1.36. The van der Waals surface area contributed by atoms with Crippen LogP contribution in [0.15, 0.2) is 17.2 Å². The van der Waals surface area contributed by atoms with E-state index in [1.54, 1.807) is 0 Å². The number of hydrogen-bond acceptors (Lipinski definition) is 4. The molecular weight excluding hydrogens is 216 g/mol. The van der Waals surface area contributed by atoms with Gasteiger partial charge in [0, 0.05) is 18.7 Å². The molecule has 1 aromatic heterocycles. The second-order valence-corrected chi connectivity index (χ2v) is 4.46. The topological polar surface area (TPSA) is 61.0 Å². The number of aromatic amines is 1. The number of rotatable bonds is 4. The van der Waals surface area contributed by atoms with Gasteiger partial charge in [-0.1, -0.05) is 13.3 Å². The number of hydrogen-bond donors (Lipinski definition) is 2. The second kappa shape index (κ2) is 5.82. The van der Waals surface area contributed by atoms with Crippen molar-refractivity contribution in [1.82, 2.24) is 14.9 Å². The van der Waals surface area contributed by atoms with Crippen LogP contribution in [0.2, 0.25) is 0 Å². The predicted octanol–water partition coefficient (Wildman–Crippen LogP) is 1.06. The van der Waals surface area contributed by atoms with Gasteiger partial charge in [-0.15, -0.1) is 0 Å². The molecule has 94 valence electrons. The van der Waals surface area contributed by atoms with Crippen molar-refractivity contribution in [2.24, 2.45) is 0 Å². The van der Waals surface area contributed by atoms with Crippen molar-refractivity contribution in [3.8, 4) is 0 Å². The van der Waals surface area contributed by atoms with Gasteiger partial charge in [-0.05, 0) is 25.9 Å². The molecule has 1 aliphatic rings. The number of anilines is 1. The van der Waals surface area contributed by atoms with Gasteiger partial charge >= 0.3 is 0 Å². The van der Waals surface area contributed by atoms with Gasteiger partial charge in [-0.25, -0.2) is 4.98 Å². The minimum Gasteiger partial charge on any atom is -0.368 e. The van der Waals surface area contributed by atoms with Crippen molar-refractivity contribution in [2.45, 2.75) is 32.2 Å². The molecule has 5 heteroatoms. The highest BCUT2D eigenvalue weighted by molar-refractivity contribution is 5.31. The van der Waals surface area contributed by atoms with Crippen LogP contribution in [0.1, 0.15) is 26.2 Å².